The average molecular weight is 237 g/mol. The van der Waals surface area contributed by atoms with E-state index in [1.807, 2.05) is 0 Å². The second-order valence-corrected chi connectivity index (χ2v) is 4.13. The van der Waals surface area contributed by atoms with Crippen LogP contribution in [0, 0.1) is 0 Å². The second-order valence-electron chi connectivity index (χ2n) is 2.16. The monoisotopic (exact) mass is 238 g/mol. The summed E-state index contributed by atoms with van der Waals surface area (Å²) >= 11 is 0.0164. The zero-order valence-electron chi connectivity index (χ0n) is 6.66. The number of aromatic nitrogens is 4. The summed E-state index contributed by atoms with van der Waals surface area (Å²) in [4.78, 5) is 16.4. The van der Waals surface area contributed by atoms with Crippen LogP contribution in [0.5, 0.6) is 0 Å². The molecule has 0 aromatic carbocycles. The van der Waals surface area contributed by atoms with Gasteiger partial charge >= 0.3 is 81.3 Å². The standard InChI is InChI=1S/C8H6N4Se/c1-3-9-7(10-4-1)13-8-11-5-2-6-12-8/h1-6H. The molecular weight excluding hydrogens is 231 g/mol. The minimum absolute atomic E-state index is 0.0164. The third-order valence-electron chi connectivity index (χ3n) is 1.27. The van der Waals surface area contributed by atoms with Crippen molar-refractivity contribution < 1.29 is 0 Å². The van der Waals surface area contributed by atoms with Gasteiger partial charge in [0.25, 0.3) is 0 Å². The van der Waals surface area contributed by atoms with Gasteiger partial charge in [-0.25, -0.2) is 0 Å². The van der Waals surface area contributed by atoms with E-state index in [0.29, 0.717) is 0 Å². The molecule has 0 spiro atoms. The molecule has 0 saturated carbocycles. The molecule has 0 atom stereocenters. The molecule has 0 fully saturated rings. The Morgan fingerprint density at radius 2 is 1.08 bits per heavy atom. The molecule has 13 heavy (non-hydrogen) atoms. The van der Waals surface area contributed by atoms with Crippen LogP contribution < -0.4 is 9.45 Å². The molecule has 0 aliphatic rings. The molecule has 0 unspecified atom stereocenters. The van der Waals surface area contributed by atoms with Crippen molar-refractivity contribution in [3.63, 3.8) is 0 Å². The molecule has 0 amide bonds. The molecule has 2 aromatic rings. The summed E-state index contributed by atoms with van der Waals surface area (Å²) in [6.45, 7) is 0. The molecule has 0 aliphatic carbocycles. The van der Waals surface area contributed by atoms with Gasteiger partial charge in [0.15, 0.2) is 0 Å². The average Bonchev–Trinajstić information content (AvgIpc) is 2.21. The number of rotatable bonds is 2. The predicted molar refractivity (Wildman–Crippen MR) is 49.1 cm³/mol. The first-order valence-electron chi connectivity index (χ1n) is 3.67. The summed E-state index contributed by atoms with van der Waals surface area (Å²) in [5.74, 6) is 0. The Balaban J connectivity index is 2.16. The number of nitrogens with zero attached hydrogens (tertiary/aromatic N) is 4. The number of hydrogen-bond acceptors (Lipinski definition) is 4. The molecule has 2 aromatic heterocycles. The van der Waals surface area contributed by atoms with Crippen molar-refractivity contribution in [3.8, 4) is 0 Å². The van der Waals surface area contributed by atoms with E-state index in [4.69, 9.17) is 0 Å². The van der Waals surface area contributed by atoms with Crippen LogP contribution in [0.25, 0.3) is 0 Å². The van der Waals surface area contributed by atoms with Gasteiger partial charge in [-0.1, -0.05) is 0 Å². The summed E-state index contributed by atoms with van der Waals surface area (Å²) in [7, 11) is 0. The Hall–Kier alpha value is -1.32. The normalized spacial score (nSPS) is 9.85. The van der Waals surface area contributed by atoms with E-state index < -0.39 is 0 Å². The molecule has 0 aliphatic heterocycles. The zero-order chi connectivity index (χ0) is 8.93. The SMILES string of the molecule is c1cnc([Se]c2ncccn2)nc1. The van der Waals surface area contributed by atoms with Crippen LogP contribution in [-0.4, -0.2) is 34.9 Å². The van der Waals surface area contributed by atoms with Crippen molar-refractivity contribution in [2.75, 3.05) is 0 Å². The van der Waals surface area contributed by atoms with Gasteiger partial charge in [-0.15, -0.1) is 0 Å². The van der Waals surface area contributed by atoms with Crippen LogP contribution in [0.3, 0.4) is 0 Å². The Kier molecular flexibility index (Phi) is 2.59. The molecule has 0 radical (unpaired) electrons. The third-order valence-corrected chi connectivity index (χ3v) is 2.92. The van der Waals surface area contributed by atoms with Gasteiger partial charge in [-0.3, -0.25) is 0 Å². The zero-order valence-corrected chi connectivity index (χ0v) is 8.37. The predicted octanol–water partition coefficient (Wildman–Crippen LogP) is -1.08. The third kappa shape index (κ3) is 2.31. The molecule has 64 valence electrons. The molecule has 5 heteroatoms. The van der Waals surface area contributed by atoms with E-state index >= 15 is 0 Å². The van der Waals surface area contributed by atoms with Gasteiger partial charge in [-0.05, 0) is 0 Å². The Bertz CT molecular complexity index is 327. The first-order chi connectivity index (χ1) is 6.45. The van der Waals surface area contributed by atoms with Gasteiger partial charge in [0.2, 0.25) is 0 Å². The summed E-state index contributed by atoms with van der Waals surface area (Å²) < 4.78 is 1.61. The van der Waals surface area contributed by atoms with Crippen molar-refractivity contribution in [1.29, 1.82) is 0 Å². The fourth-order valence-electron chi connectivity index (χ4n) is 0.758. The Morgan fingerprint density at radius 3 is 1.46 bits per heavy atom. The maximum absolute atomic E-state index is 4.11. The van der Waals surface area contributed by atoms with Crippen LogP contribution in [0.2, 0.25) is 0 Å². The Morgan fingerprint density at radius 1 is 0.692 bits per heavy atom. The minimum atomic E-state index is 0.0164. The van der Waals surface area contributed by atoms with Crippen LogP contribution in [-0.2, 0) is 0 Å². The van der Waals surface area contributed by atoms with Crippen molar-refractivity contribution in [3.05, 3.63) is 36.9 Å². The van der Waals surface area contributed by atoms with Crippen molar-refractivity contribution in [2.45, 2.75) is 0 Å². The fraction of sp³-hybridized carbons (Fsp3) is 0. The molecule has 0 N–H and O–H groups in total. The van der Waals surface area contributed by atoms with Crippen molar-refractivity contribution in [1.82, 2.24) is 19.9 Å². The van der Waals surface area contributed by atoms with Gasteiger partial charge < -0.3 is 0 Å². The molecule has 0 bridgehead atoms. The molecule has 2 heterocycles. The quantitative estimate of drug-likeness (QED) is 0.623. The Labute approximate surface area is 81.6 Å². The van der Waals surface area contributed by atoms with E-state index in [0.717, 1.165) is 9.45 Å². The van der Waals surface area contributed by atoms with E-state index in [2.05, 4.69) is 19.9 Å². The first kappa shape index (κ1) is 8.29. The molecule has 0 saturated heterocycles. The fourth-order valence-corrected chi connectivity index (χ4v) is 2.05. The van der Waals surface area contributed by atoms with Crippen LogP contribution in [0.15, 0.2) is 36.9 Å². The van der Waals surface area contributed by atoms with E-state index in [1.165, 1.54) is 0 Å². The van der Waals surface area contributed by atoms with E-state index in [1.54, 1.807) is 36.9 Å². The topological polar surface area (TPSA) is 51.6 Å². The summed E-state index contributed by atoms with van der Waals surface area (Å²) in [6.07, 6.45) is 6.92. The summed E-state index contributed by atoms with van der Waals surface area (Å²) in [5.41, 5.74) is 0. The van der Waals surface area contributed by atoms with Gasteiger partial charge in [-0.2, -0.15) is 0 Å². The number of hydrogen-bond donors (Lipinski definition) is 0. The second kappa shape index (κ2) is 4.07. The molecular formula is C8H6N4Se. The van der Waals surface area contributed by atoms with Crippen molar-refractivity contribution in [2.24, 2.45) is 0 Å². The van der Waals surface area contributed by atoms with Gasteiger partial charge in [0.1, 0.15) is 0 Å². The maximum atomic E-state index is 4.11. The van der Waals surface area contributed by atoms with Crippen LogP contribution >= 0.6 is 0 Å². The van der Waals surface area contributed by atoms with Gasteiger partial charge in [0, 0.05) is 0 Å². The van der Waals surface area contributed by atoms with Crippen LogP contribution in [0.4, 0.5) is 0 Å². The van der Waals surface area contributed by atoms with E-state index in [9.17, 15) is 0 Å². The summed E-state index contributed by atoms with van der Waals surface area (Å²) in [6, 6.07) is 3.59. The van der Waals surface area contributed by atoms with Crippen molar-refractivity contribution >= 4 is 24.4 Å². The first-order valence-corrected chi connectivity index (χ1v) is 5.38. The molecule has 4 nitrogen and oxygen atoms in total. The summed E-state index contributed by atoms with van der Waals surface area (Å²) in [5, 5.41) is 0. The van der Waals surface area contributed by atoms with Crippen LogP contribution in [0.1, 0.15) is 0 Å². The van der Waals surface area contributed by atoms with E-state index in [-0.39, 0.29) is 15.0 Å². The van der Waals surface area contributed by atoms with Gasteiger partial charge in [0.05, 0.1) is 0 Å². The molecule has 2 rings (SSSR count).